The molecule has 6 heteroatoms. The first-order valence-electron chi connectivity index (χ1n) is 6.46. The van der Waals surface area contributed by atoms with Gasteiger partial charge in [-0.2, -0.15) is 0 Å². The van der Waals surface area contributed by atoms with Crippen LogP contribution in [0.1, 0.15) is 43.9 Å². The van der Waals surface area contributed by atoms with Crippen LogP contribution in [0.15, 0.2) is 9.64 Å². The molecule has 1 aromatic rings. The lowest BCUT2D eigenvalue weighted by Crippen LogP contribution is -2.25. The van der Waals surface area contributed by atoms with E-state index >= 15 is 0 Å². The zero-order chi connectivity index (χ0) is 13.5. The lowest BCUT2D eigenvalue weighted by atomic mass is 9.89. The average molecular weight is 279 g/mol. The van der Waals surface area contributed by atoms with Gasteiger partial charge in [-0.15, -0.1) is 16.6 Å². The van der Waals surface area contributed by atoms with Gasteiger partial charge in [-0.3, -0.25) is 4.79 Å². The lowest BCUT2D eigenvalue weighted by molar-refractivity contribution is -0.118. The molecule has 1 aliphatic rings. The first-order valence-corrected chi connectivity index (χ1v) is 7.44. The number of carbonyl (C=O) groups excluding carboxylic acids is 1. The normalized spacial score (nSPS) is 15.9. The lowest BCUT2D eigenvalue weighted by Gasteiger charge is -2.17. The maximum Gasteiger partial charge on any atom is 0.277 e. The maximum absolute atomic E-state index is 11.4. The highest BCUT2D eigenvalue weighted by Crippen LogP contribution is 2.32. The van der Waals surface area contributed by atoms with E-state index in [1.807, 2.05) is 0 Å². The number of nitrogens with one attached hydrogen (secondary N) is 1. The Morgan fingerprint density at radius 2 is 2.21 bits per heavy atom. The highest BCUT2D eigenvalue weighted by molar-refractivity contribution is 7.99. The Kier molecular flexibility index (Phi) is 5.28. The zero-order valence-corrected chi connectivity index (χ0v) is 11.5. The first-order chi connectivity index (χ1) is 9.29. The Bertz CT molecular complexity index is 461. The summed E-state index contributed by atoms with van der Waals surface area (Å²) in [6.45, 7) is 0.247. The molecule has 0 bridgehead atoms. The summed E-state index contributed by atoms with van der Waals surface area (Å²) >= 11 is 1.24. The number of aromatic nitrogens is 2. The molecular formula is C13H17N3O2S. The van der Waals surface area contributed by atoms with Gasteiger partial charge in [0, 0.05) is 5.92 Å². The third-order valence-corrected chi connectivity index (χ3v) is 3.91. The minimum absolute atomic E-state index is 0.125. The van der Waals surface area contributed by atoms with E-state index in [4.69, 9.17) is 10.8 Å². The molecule has 5 nitrogen and oxygen atoms in total. The van der Waals surface area contributed by atoms with Crippen molar-refractivity contribution in [1.29, 1.82) is 0 Å². The molecular weight excluding hydrogens is 262 g/mol. The molecule has 0 aromatic carbocycles. The van der Waals surface area contributed by atoms with Crippen LogP contribution in [0.5, 0.6) is 0 Å². The smallest absolute Gasteiger partial charge is 0.277 e. The molecule has 1 aliphatic carbocycles. The van der Waals surface area contributed by atoms with Crippen molar-refractivity contribution in [3.63, 3.8) is 0 Å². The highest BCUT2D eigenvalue weighted by Gasteiger charge is 2.21. The Labute approximate surface area is 116 Å². The number of terminal acetylenes is 1. The largest absolute Gasteiger partial charge is 0.416 e. The zero-order valence-electron chi connectivity index (χ0n) is 10.7. The molecule has 1 aromatic heterocycles. The predicted octanol–water partition coefficient (Wildman–Crippen LogP) is 1.96. The maximum atomic E-state index is 11.4. The molecule has 1 N–H and O–H groups in total. The predicted molar refractivity (Wildman–Crippen MR) is 72.7 cm³/mol. The molecule has 0 aliphatic heterocycles. The molecule has 0 saturated heterocycles. The van der Waals surface area contributed by atoms with E-state index in [1.54, 1.807) is 0 Å². The molecule has 0 unspecified atom stereocenters. The molecule has 1 saturated carbocycles. The van der Waals surface area contributed by atoms with Crippen LogP contribution in [0.4, 0.5) is 0 Å². The Morgan fingerprint density at radius 3 is 2.95 bits per heavy atom. The number of nitrogens with zero attached hydrogens (tertiary/aromatic N) is 2. The van der Waals surface area contributed by atoms with Crippen LogP contribution in [0.2, 0.25) is 0 Å². The second kappa shape index (κ2) is 7.19. The van der Waals surface area contributed by atoms with Gasteiger partial charge in [-0.1, -0.05) is 36.9 Å². The summed E-state index contributed by atoms with van der Waals surface area (Å²) in [5, 5.41) is 11.1. The Balaban J connectivity index is 1.80. The topological polar surface area (TPSA) is 68.0 Å². The van der Waals surface area contributed by atoms with Crippen molar-refractivity contribution in [1.82, 2.24) is 15.5 Å². The van der Waals surface area contributed by atoms with E-state index < -0.39 is 0 Å². The van der Waals surface area contributed by atoms with E-state index in [0.717, 1.165) is 12.8 Å². The van der Waals surface area contributed by atoms with Gasteiger partial charge in [0.15, 0.2) is 0 Å². The van der Waals surface area contributed by atoms with Crippen LogP contribution in [-0.2, 0) is 4.79 Å². The Morgan fingerprint density at radius 1 is 1.42 bits per heavy atom. The van der Waals surface area contributed by atoms with Gasteiger partial charge in [0.1, 0.15) is 0 Å². The SMILES string of the molecule is C#CCNC(=O)CSc1nnc(C2CCCCC2)o1. The van der Waals surface area contributed by atoms with Crippen molar-refractivity contribution in [2.24, 2.45) is 0 Å². The summed E-state index contributed by atoms with van der Waals surface area (Å²) < 4.78 is 5.60. The number of amides is 1. The van der Waals surface area contributed by atoms with E-state index in [9.17, 15) is 4.79 Å². The number of rotatable bonds is 5. The second-order valence-electron chi connectivity index (χ2n) is 4.51. The number of hydrogen-bond donors (Lipinski definition) is 1. The molecule has 0 spiro atoms. The summed E-state index contributed by atoms with van der Waals surface area (Å²) in [6.07, 6.45) is 11.0. The van der Waals surface area contributed by atoms with Gasteiger partial charge in [-0.05, 0) is 12.8 Å². The van der Waals surface area contributed by atoms with Gasteiger partial charge in [0.2, 0.25) is 11.8 Å². The monoisotopic (exact) mass is 279 g/mol. The van der Waals surface area contributed by atoms with Crippen LogP contribution in [0, 0.1) is 12.3 Å². The summed E-state index contributed by atoms with van der Waals surface area (Å²) in [5.74, 6) is 3.58. The fourth-order valence-corrected chi connectivity index (χ4v) is 2.72. The van der Waals surface area contributed by atoms with E-state index in [0.29, 0.717) is 17.0 Å². The summed E-state index contributed by atoms with van der Waals surface area (Å²) in [5.41, 5.74) is 0. The third-order valence-electron chi connectivity index (χ3n) is 3.09. The first kappa shape index (κ1) is 13.9. The minimum atomic E-state index is -0.125. The quantitative estimate of drug-likeness (QED) is 0.659. The van der Waals surface area contributed by atoms with Crippen LogP contribution in [0.25, 0.3) is 0 Å². The van der Waals surface area contributed by atoms with E-state index in [2.05, 4.69) is 21.4 Å². The standard InChI is InChI=1S/C13H17N3O2S/c1-2-8-14-11(17)9-19-13-16-15-12(18-13)10-6-4-3-5-7-10/h1,10H,3-9H2,(H,14,17). The van der Waals surface area contributed by atoms with Crippen LogP contribution in [-0.4, -0.2) is 28.4 Å². The molecule has 0 radical (unpaired) electrons. The summed E-state index contributed by atoms with van der Waals surface area (Å²) in [6, 6.07) is 0. The fourth-order valence-electron chi connectivity index (χ4n) is 2.12. The number of hydrogen-bond acceptors (Lipinski definition) is 5. The van der Waals surface area contributed by atoms with Crippen molar-refractivity contribution >= 4 is 17.7 Å². The minimum Gasteiger partial charge on any atom is -0.416 e. The average Bonchev–Trinajstić information content (AvgIpc) is 2.93. The Hall–Kier alpha value is -1.48. The molecule has 2 rings (SSSR count). The van der Waals surface area contributed by atoms with Gasteiger partial charge in [0.05, 0.1) is 12.3 Å². The van der Waals surface area contributed by atoms with E-state index in [-0.39, 0.29) is 18.2 Å². The van der Waals surface area contributed by atoms with Crippen molar-refractivity contribution in [2.45, 2.75) is 43.2 Å². The van der Waals surface area contributed by atoms with Crippen LogP contribution < -0.4 is 5.32 Å². The van der Waals surface area contributed by atoms with Crippen molar-refractivity contribution in [2.75, 3.05) is 12.3 Å². The number of thioether (sulfide) groups is 1. The molecule has 1 heterocycles. The van der Waals surface area contributed by atoms with Gasteiger partial charge >= 0.3 is 0 Å². The highest BCUT2D eigenvalue weighted by atomic mass is 32.2. The van der Waals surface area contributed by atoms with Gasteiger partial charge < -0.3 is 9.73 Å². The van der Waals surface area contributed by atoms with Crippen molar-refractivity contribution < 1.29 is 9.21 Å². The molecule has 1 amide bonds. The fraction of sp³-hybridized carbons (Fsp3) is 0.615. The third kappa shape index (κ3) is 4.28. The van der Waals surface area contributed by atoms with Gasteiger partial charge in [-0.25, -0.2) is 0 Å². The molecule has 1 fully saturated rings. The van der Waals surface area contributed by atoms with Crippen LogP contribution >= 0.6 is 11.8 Å². The van der Waals surface area contributed by atoms with E-state index in [1.165, 1.54) is 31.0 Å². The van der Waals surface area contributed by atoms with Crippen LogP contribution in [0.3, 0.4) is 0 Å². The molecule has 19 heavy (non-hydrogen) atoms. The summed E-state index contributed by atoms with van der Waals surface area (Å²) in [7, 11) is 0. The van der Waals surface area contributed by atoms with Crippen molar-refractivity contribution in [3.05, 3.63) is 5.89 Å². The summed E-state index contributed by atoms with van der Waals surface area (Å²) in [4.78, 5) is 11.4. The van der Waals surface area contributed by atoms with Gasteiger partial charge in [0.25, 0.3) is 5.22 Å². The molecule has 102 valence electrons. The molecule has 0 atom stereocenters. The van der Waals surface area contributed by atoms with Crippen molar-refractivity contribution in [3.8, 4) is 12.3 Å². The second-order valence-corrected chi connectivity index (χ2v) is 5.44. The number of carbonyl (C=O) groups is 1.